The van der Waals surface area contributed by atoms with Crippen LogP contribution in [-0.4, -0.2) is 33.3 Å². The Labute approximate surface area is 169 Å². The van der Waals surface area contributed by atoms with Gasteiger partial charge in [0.2, 0.25) is 15.9 Å². The van der Waals surface area contributed by atoms with Crippen LogP contribution in [0.3, 0.4) is 0 Å². The van der Waals surface area contributed by atoms with Crippen LogP contribution in [0.5, 0.6) is 11.5 Å². The van der Waals surface area contributed by atoms with E-state index in [9.17, 15) is 18.0 Å². The van der Waals surface area contributed by atoms with E-state index in [2.05, 4.69) is 5.32 Å². The number of hydrogen-bond donors (Lipinski definition) is 2. The lowest BCUT2D eigenvalue weighted by molar-refractivity contribution is -0.121. The second-order valence-electron chi connectivity index (χ2n) is 6.68. The second kappa shape index (κ2) is 8.62. The maximum Gasteiger partial charge on any atom is 0.238 e. The largest absolute Gasteiger partial charge is 0.486 e. The number of nitrogens with one attached hydrogen (secondary N) is 1. The van der Waals surface area contributed by atoms with Crippen molar-refractivity contribution in [3.8, 4) is 11.5 Å². The van der Waals surface area contributed by atoms with Crippen LogP contribution in [0.1, 0.15) is 41.7 Å². The van der Waals surface area contributed by atoms with Gasteiger partial charge in [0.15, 0.2) is 17.3 Å². The molecule has 0 bridgehead atoms. The molecule has 8 nitrogen and oxygen atoms in total. The van der Waals surface area contributed by atoms with E-state index in [4.69, 9.17) is 14.6 Å². The van der Waals surface area contributed by atoms with E-state index in [1.807, 2.05) is 0 Å². The van der Waals surface area contributed by atoms with Crippen molar-refractivity contribution in [3.63, 3.8) is 0 Å². The molecular formula is C20H22N2O6S. The van der Waals surface area contributed by atoms with Crippen molar-refractivity contribution < 1.29 is 27.5 Å². The average Bonchev–Trinajstić information content (AvgIpc) is 2.71. The van der Waals surface area contributed by atoms with Crippen LogP contribution in [0.4, 0.5) is 0 Å². The zero-order valence-electron chi connectivity index (χ0n) is 15.9. The Morgan fingerprint density at radius 3 is 2.34 bits per heavy atom. The summed E-state index contributed by atoms with van der Waals surface area (Å²) in [5, 5.41) is 7.87. The molecule has 0 saturated carbocycles. The van der Waals surface area contributed by atoms with Crippen molar-refractivity contribution in [2.75, 3.05) is 13.2 Å². The molecule has 0 fully saturated rings. The lowest BCUT2D eigenvalue weighted by atomic mass is 10.0. The average molecular weight is 418 g/mol. The van der Waals surface area contributed by atoms with E-state index < -0.39 is 10.0 Å². The first-order valence-corrected chi connectivity index (χ1v) is 10.6. The molecule has 1 heterocycles. The highest BCUT2D eigenvalue weighted by Crippen LogP contribution is 2.31. The Bertz CT molecular complexity index is 1020. The first-order chi connectivity index (χ1) is 13.7. The molecule has 0 radical (unpaired) electrons. The maximum absolute atomic E-state index is 12.4. The molecule has 0 saturated heterocycles. The fraction of sp³-hybridized carbons (Fsp3) is 0.300. The molecule has 3 N–H and O–H groups in total. The number of benzene rings is 2. The number of carbonyl (C=O) groups excluding carboxylic acids is 2. The zero-order chi connectivity index (χ0) is 21.0. The number of primary sulfonamides is 1. The van der Waals surface area contributed by atoms with Crippen LogP contribution >= 0.6 is 0 Å². The third-order valence-corrected chi connectivity index (χ3v) is 5.46. The normalized spacial score (nSPS) is 14.1. The smallest absolute Gasteiger partial charge is 0.238 e. The Hall–Kier alpha value is -2.91. The first kappa shape index (κ1) is 20.8. The maximum atomic E-state index is 12.4. The number of rotatable bonds is 7. The molecule has 154 valence electrons. The van der Waals surface area contributed by atoms with Gasteiger partial charge >= 0.3 is 0 Å². The highest BCUT2D eigenvalue weighted by atomic mass is 32.2. The summed E-state index contributed by atoms with van der Waals surface area (Å²) in [6.45, 7) is 2.68. The van der Waals surface area contributed by atoms with Gasteiger partial charge in [0.1, 0.15) is 13.2 Å². The summed E-state index contributed by atoms with van der Waals surface area (Å²) in [5.74, 6) is 0.692. The van der Waals surface area contributed by atoms with E-state index in [1.165, 1.54) is 12.1 Å². The number of nitrogens with two attached hydrogens (primary N) is 1. The van der Waals surface area contributed by atoms with Crippen molar-refractivity contribution in [3.05, 3.63) is 53.6 Å². The molecule has 0 spiro atoms. The van der Waals surface area contributed by atoms with Gasteiger partial charge in [-0.3, -0.25) is 9.59 Å². The molecule has 1 atom stereocenters. The summed E-state index contributed by atoms with van der Waals surface area (Å²) in [6, 6.07) is 10.6. The van der Waals surface area contributed by atoms with Crippen LogP contribution in [0.2, 0.25) is 0 Å². The van der Waals surface area contributed by atoms with Crippen LogP contribution in [0, 0.1) is 0 Å². The van der Waals surface area contributed by atoms with Crippen molar-refractivity contribution in [2.24, 2.45) is 5.14 Å². The lowest BCUT2D eigenvalue weighted by Crippen LogP contribution is -2.27. The minimum absolute atomic E-state index is 0.00445. The number of ketones is 1. The van der Waals surface area contributed by atoms with Crippen molar-refractivity contribution in [1.29, 1.82) is 0 Å². The summed E-state index contributed by atoms with van der Waals surface area (Å²) in [4.78, 5) is 24.6. The van der Waals surface area contributed by atoms with Crippen molar-refractivity contribution >= 4 is 21.7 Å². The minimum Gasteiger partial charge on any atom is -0.486 e. The fourth-order valence-corrected chi connectivity index (χ4v) is 3.45. The van der Waals surface area contributed by atoms with Crippen LogP contribution < -0.4 is 19.9 Å². The third-order valence-electron chi connectivity index (χ3n) is 4.53. The van der Waals surface area contributed by atoms with Gasteiger partial charge in [0.05, 0.1) is 10.9 Å². The van der Waals surface area contributed by atoms with Gasteiger partial charge in [-0.2, -0.15) is 0 Å². The van der Waals surface area contributed by atoms with Crippen molar-refractivity contribution in [1.82, 2.24) is 5.32 Å². The van der Waals surface area contributed by atoms with Gasteiger partial charge in [-0.1, -0.05) is 12.1 Å². The Morgan fingerprint density at radius 1 is 1.03 bits per heavy atom. The number of ether oxygens (including phenoxy) is 2. The van der Waals surface area contributed by atoms with E-state index in [1.54, 1.807) is 37.3 Å². The van der Waals surface area contributed by atoms with E-state index in [0.29, 0.717) is 30.3 Å². The summed E-state index contributed by atoms with van der Waals surface area (Å²) in [7, 11) is -3.76. The molecule has 1 amide bonds. The minimum atomic E-state index is -3.76. The molecular weight excluding hydrogens is 396 g/mol. The van der Waals surface area contributed by atoms with E-state index in [-0.39, 0.29) is 35.5 Å². The van der Waals surface area contributed by atoms with Crippen LogP contribution in [-0.2, 0) is 14.8 Å². The Balaban J connectivity index is 1.53. The number of fused-ring (bicyclic) bond motifs is 1. The summed E-state index contributed by atoms with van der Waals surface area (Å²) in [5.41, 5.74) is 1.19. The van der Waals surface area contributed by atoms with Gasteiger partial charge < -0.3 is 14.8 Å². The molecule has 1 aliphatic heterocycles. The highest BCUT2D eigenvalue weighted by Gasteiger charge is 2.17. The van der Waals surface area contributed by atoms with Crippen molar-refractivity contribution in [2.45, 2.75) is 30.7 Å². The Morgan fingerprint density at radius 2 is 1.69 bits per heavy atom. The van der Waals surface area contributed by atoms with Gasteiger partial charge in [-0.05, 0) is 42.8 Å². The second-order valence-corrected chi connectivity index (χ2v) is 8.25. The summed E-state index contributed by atoms with van der Waals surface area (Å²) in [6.07, 6.45) is 0.0927. The summed E-state index contributed by atoms with van der Waals surface area (Å²) >= 11 is 0. The van der Waals surface area contributed by atoms with Gasteiger partial charge in [-0.25, -0.2) is 13.6 Å². The molecule has 9 heteroatoms. The van der Waals surface area contributed by atoms with Crippen LogP contribution in [0.25, 0.3) is 0 Å². The molecule has 1 unspecified atom stereocenters. The fourth-order valence-electron chi connectivity index (χ4n) is 2.93. The molecule has 3 rings (SSSR count). The van der Waals surface area contributed by atoms with E-state index >= 15 is 0 Å². The molecule has 2 aromatic carbocycles. The molecule has 0 aliphatic carbocycles. The number of Topliss-reactive ketones (excluding diaryl/α,β-unsaturated/α-hetero) is 1. The predicted molar refractivity (Wildman–Crippen MR) is 105 cm³/mol. The predicted octanol–water partition coefficient (Wildman–Crippen LogP) is 1.95. The number of sulfonamides is 1. The lowest BCUT2D eigenvalue weighted by Gasteiger charge is -2.18. The highest BCUT2D eigenvalue weighted by molar-refractivity contribution is 7.89. The molecule has 2 aromatic rings. The molecule has 1 aliphatic rings. The van der Waals surface area contributed by atoms with Gasteiger partial charge in [0, 0.05) is 18.4 Å². The number of amides is 1. The zero-order valence-corrected chi connectivity index (χ0v) is 16.7. The first-order valence-electron chi connectivity index (χ1n) is 9.09. The molecule has 29 heavy (non-hydrogen) atoms. The SMILES string of the molecule is CC(NC(=O)CCC(=O)c1ccc2c(c1)OCCO2)c1ccc(S(N)(=O)=O)cc1. The van der Waals surface area contributed by atoms with E-state index in [0.717, 1.165) is 5.56 Å². The Kier molecular flexibility index (Phi) is 6.19. The van der Waals surface area contributed by atoms with Gasteiger partial charge in [0.25, 0.3) is 0 Å². The monoisotopic (exact) mass is 418 g/mol. The summed E-state index contributed by atoms with van der Waals surface area (Å²) < 4.78 is 33.5. The number of carbonyl (C=O) groups is 2. The van der Waals surface area contributed by atoms with Crippen LogP contribution in [0.15, 0.2) is 47.4 Å². The molecule has 0 aromatic heterocycles. The standard InChI is InChI=1S/C20H22N2O6S/c1-13(14-2-5-16(6-3-14)29(21,25)26)22-20(24)9-7-17(23)15-4-8-18-19(12-15)28-11-10-27-18/h2-6,8,12-13H,7,9-11H2,1H3,(H,22,24)(H2,21,25,26). The number of hydrogen-bond acceptors (Lipinski definition) is 6. The quantitative estimate of drug-likeness (QED) is 0.662. The third kappa shape index (κ3) is 5.33. The van der Waals surface area contributed by atoms with Gasteiger partial charge in [-0.15, -0.1) is 0 Å². The topological polar surface area (TPSA) is 125 Å².